The van der Waals surface area contributed by atoms with Crippen molar-refractivity contribution in [2.45, 2.75) is 32.3 Å². The lowest BCUT2D eigenvalue weighted by Crippen LogP contribution is -2.18. The molecule has 1 aromatic heterocycles. The van der Waals surface area contributed by atoms with Crippen molar-refractivity contribution in [3.05, 3.63) is 17.0 Å². The van der Waals surface area contributed by atoms with Gasteiger partial charge in [-0.3, -0.25) is 5.10 Å². The molecule has 2 rings (SSSR count). The molecule has 60 valence electrons. The molecule has 0 bridgehead atoms. The first-order valence-corrected chi connectivity index (χ1v) is 3.98. The number of hydrogen-bond acceptors (Lipinski definition) is 2. The van der Waals surface area contributed by atoms with Crippen LogP contribution in [-0.2, 0) is 12.8 Å². The molecule has 1 aliphatic carbocycles. The Bertz CT molecular complexity index is 267. The molecule has 0 fully saturated rings. The first kappa shape index (κ1) is 6.85. The third kappa shape index (κ3) is 1.05. The molecule has 0 saturated carbocycles. The Hall–Kier alpha value is -0.830. The molecule has 0 aliphatic heterocycles. The molecule has 3 heteroatoms. The summed E-state index contributed by atoms with van der Waals surface area (Å²) >= 11 is 0. The van der Waals surface area contributed by atoms with Crippen LogP contribution in [0.1, 0.15) is 23.4 Å². The summed E-state index contributed by atoms with van der Waals surface area (Å²) in [5.41, 5.74) is 3.53. The van der Waals surface area contributed by atoms with Crippen molar-refractivity contribution in [2.75, 3.05) is 0 Å². The summed E-state index contributed by atoms with van der Waals surface area (Å²) < 4.78 is 0. The molecule has 3 nitrogen and oxygen atoms in total. The van der Waals surface area contributed by atoms with Crippen molar-refractivity contribution in [2.24, 2.45) is 0 Å². The predicted octanol–water partition coefficient (Wildman–Crippen LogP) is 0.568. The fourth-order valence-corrected chi connectivity index (χ4v) is 1.65. The van der Waals surface area contributed by atoms with Crippen LogP contribution in [0.4, 0.5) is 0 Å². The Kier molecular flexibility index (Phi) is 1.46. The van der Waals surface area contributed by atoms with Gasteiger partial charge in [0.05, 0.1) is 11.8 Å². The zero-order valence-corrected chi connectivity index (χ0v) is 6.59. The number of aromatic amines is 1. The van der Waals surface area contributed by atoms with Crippen molar-refractivity contribution in [1.29, 1.82) is 0 Å². The van der Waals surface area contributed by atoms with E-state index in [-0.39, 0.29) is 6.10 Å². The average molecular weight is 152 g/mol. The topological polar surface area (TPSA) is 48.9 Å². The van der Waals surface area contributed by atoms with E-state index in [9.17, 15) is 5.11 Å². The number of nitrogens with one attached hydrogen (secondary N) is 1. The largest absolute Gasteiger partial charge is 0.393 e. The molecule has 0 saturated heterocycles. The number of nitrogens with zero attached hydrogens (tertiary/aromatic N) is 1. The number of aliphatic hydroxyl groups excluding tert-OH is 1. The van der Waals surface area contributed by atoms with E-state index in [0.29, 0.717) is 0 Å². The van der Waals surface area contributed by atoms with E-state index in [2.05, 4.69) is 10.2 Å². The van der Waals surface area contributed by atoms with Gasteiger partial charge in [0.1, 0.15) is 0 Å². The highest BCUT2D eigenvalue weighted by Crippen LogP contribution is 2.21. The summed E-state index contributed by atoms with van der Waals surface area (Å²) in [6, 6.07) is 0. The number of fused-ring (bicyclic) bond motifs is 1. The molecule has 1 atom stereocenters. The summed E-state index contributed by atoms with van der Waals surface area (Å²) in [7, 11) is 0. The lowest BCUT2D eigenvalue weighted by Gasteiger charge is -2.16. The van der Waals surface area contributed by atoms with E-state index in [0.717, 1.165) is 30.7 Å². The molecule has 0 radical (unpaired) electrons. The minimum absolute atomic E-state index is 0.164. The fraction of sp³-hybridized carbons (Fsp3) is 0.625. The van der Waals surface area contributed by atoms with Gasteiger partial charge in [-0.05, 0) is 25.3 Å². The second-order valence-electron chi connectivity index (χ2n) is 3.16. The summed E-state index contributed by atoms with van der Waals surface area (Å²) in [4.78, 5) is 0. The van der Waals surface area contributed by atoms with E-state index in [1.54, 1.807) is 0 Å². The van der Waals surface area contributed by atoms with Crippen LogP contribution in [0, 0.1) is 6.92 Å². The summed E-state index contributed by atoms with van der Waals surface area (Å²) in [5.74, 6) is 0. The third-order valence-corrected chi connectivity index (χ3v) is 2.33. The number of hydrogen-bond donors (Lipinski definition) is 2. The highest BCUT2D eigenvalue weighted by molar-refractivity contribution is 5.27. The monoisotopic (exact) mass is 152 g/mol. The molecule has 11 heavy (non-hydrogen) atoms. The van der Waals surface area contributed by atoms with E-state index >= 15 is 0 Å². The number of aliphatic hydroxyl groups is 1. The Balaban J connectivity index is 2.36. The Morgan fingerprint density at radius 2 is 2.45 bits per heavy atom. The predicted molar refractivity (Wildman–Crippen MR) is 41.4 cm³/mol. The van der Waals surface area contributed by atoms with Crippen LogP contribution in [0.3, 0.4) is 0 Å². The quantitative estimate of drug-likeness (QED) is 0.571. The van der Waals surface area contributed by atoms with Gasteiger partial charge < -0.3 is 5.11 Å². The normalized spacial score (nSPS) is 23.3. The molecule has 1 unspecified atom stereocenters. The van der Waals surface area contributed by atoms with Crippen LogP contribution in [0.25, 0.3) is 0 Å². The van der Waals surface area contributed by atoms with Gasteiger partial charge in [-0.2, -0.15) is 5.10 Å². The second-order valence-corrected chi connectivity index (χ2v) is 3.16. The van der Waals surface area contributed by atoms with Gasteiger partial charge in [-0.1, -0.05) is 0 Å². The lowest BCUT2D eigenvalue weighted by atomic mass is 9.94. The first-order chi connectivity index (χ1) is 5.27. The molecule has 0 amide bonds. The first-order valence-electron chi connectivity index (χ1n) is 3.98. The van der Waals surface area contributed by atoms with Crippen molar-refractivity contribution in [3.8, 4) is 0 Å². The van der Waals surface area contributed by atoms with Crippen LogP contribution in [0.5, 0.6) is 0 Å². The van der Waals surface area contributed by atoms with Crippen molar-refractivity contribution in [3.63, 3.8) is 0 Å². The average Bonchev–Trinajstić information content (AvgIpc) is 2.32. The van der Waals surface area contributed by atoms with Crippen LogP contribution < -0.4 is 0 Å². The summed E-state index contributed by atoms with van der Waals surface area (Å²) in [6.45, 7) is 2.01. The molecule has 1 aromatic rings. The third-order valence-electron chi connectivity index (χ3n) is 2.33. The summed E-state index contributed by atoms with van der Waals surface area (Å²) in [6.07, 6.45) is 2.44. The van der Waals surface area contributed by atoms with Crippen LogP contribution in [0.15, 0.2) is 0 Å². The van der Waals surface area contributed by atoms with Gasteiger partial charge in [0.15, 0.2) is 0 Å². The Morgan fingerprint density at radius 1 is 1.64 bits per heavy atom. The standard InChI is InChI=1S/C8H12N2O/c1-5-7-3-2-6(11)4-8(7)10-9-5/h6,11H,2-4H2,1H3,(H,9,10). The van der Waals surface area contributed by atoms with E-state index in [4.69, 9.17) is 0 Å². The van der Waals surface area contributed by atoms with Gasteiger partial charge in [-0.15, -0.1) is 0 Å². The Morgan fingerprint density at radius 3 is 3.27 bits per heavy atom. The molecular weight excluding hydrogens is 140 g/mol. The number of aromatic nitrogens is 2. The number of aryl methyl sites for hydroxylation is 1. The highest BCUT2D eigenvalue weighted by Gasteiger charge is 2.19. The van der Waals surface area contributed by atoms with Crippen molar-refractivity contribution >= 4 is 0 Å². The lowest BCUT2D eigenvalue weighted by molar-refractivity contribution is 0.157. The van der Waals surface area contributed by atoms with Gasteiger partial charge in [0.25, 0.3) is 0 Å². The molecule has 0 aromatic carbocycles. The van der Waals surface area contributed by atoms with E-state index in [1.165, 1.54) is 5.56 Å². The zero-order valence-electron chi connectivity index (χ0n) is 6.59. The number of rotatable bonds is 0. The van der Waals surface area contributed by atoms with Crippen molar-refractivity contribution < 1.29 is 5.11 Å². The smallest absolute Gasteiger partial charge is 0.0626 e. The van der Waals surface area contributed by atoms with Gasteiger partial charge in [0.2, 0.25) is 0 Å². The van der Waals surface area contributed by atoms with Gasteiger partial charge in [-0.25, -0.2) is 0 Å². The van der Waals surface area contributed by atoms with E-state index in [1.807, 2.05) is 6.92 Å². The zero-order chi connectivity index (χ0) is 7.84. The SMILES string of the molecule is Cc1n[nH]c2c1CCC(O)C2. The van der Waals surface area contributed by atoms with Crippen molar-refractivity contribution in [1.82, 2.24) is 10.2 Å². The highest BCUT2D eigenvalue weighted by atomic mass is 16.3. The Labute approximate surface area is 65.4 Å². The molecule has 0 spiro atoms. The molecule has 1 aliphatic rings. The van der Waals surface area contributed by atoms with Gasteiger partial charge in [0, 0.05) is 12.1 Å². The minimum Gasteiger partial charge on any atom is -0.393 e. The second kappa shape index (κ2) is 2.34. The fourth-order valence-electron chi connectivity index (χ4n) is 1.65. The van der Waals surface area contributed by atoms with Crippen LogP contribution in [0.2, 0.25) is 0 Å². The molecule has 2 N–H and O–H groups in total. The maximum absolute atomic E-state index is 9.32. The van der Waals surface area contributed by atoms with Gasteiger partial charge >= 0.3 is 0 Å². The molecule has 1 heterocycles. The van der Waals surface area contributed by atoms with Crippen LogP contribution in [-0.4, -0.2) is 21.4 Å². The maximum atomic E-state index is 9.32. The minimum atomic E-state index is -0.164. The maximum Gasteiger partial charge on any atom is 0.0626 e. The molecular formula is C8H12N2O. The number of H-pyrrole nitrogens is 1. The van der Waals surface area contributed by atoms with Crippen LogP contribution >= 0.6 is 0 Å². The van der Waals surface area contributed by atoms with E-state index < -0.39 is 0 Å². The summed E-state index contributed by atoms with van der Waals surface area (Å²) in [5, 5.41) is 16.4.